The third-order valence-corrected chi connectivity index (χ3v) is 2.47. The Labute approximate surface area is 84.2 Å². The molecule has 0 aromatic carbocycles. The molecule has 0 aliphatic heterocycles. The average molecular weight is 195 g/mol. The number of primary amides is 1. The van der Waals surface area contributed by atoms with E-state index in [-0.39, 0.29) is 0 Å². The molecule has 14 heavy (non-hydrogen) atoms. The predicted molar refractivity (Wildman–Crippen MR) is 56.9 cm³/mol. The van der Waals surface area contributed by atoms with Gasteiger partial charge in [-0.1, -0.05) is 12.5 Å². The van der Waals surface area contributed by atoms with Gasteiger partial charge < -0.3 is 5.73 Å². The number of amides is 2. The van der Waals surface area contributed by atoms with Gasteiger partial charge in [-0.25, -0.2) is 10.2 Å². The highest BCUT2D eigenvalue weighted by Crippen LogP contribution is 2.24. The highest BCUT2D eigenvalue weighted by molar-refractivity contribution is 5.88. The molecule has 1 unspecified atom stereocenters. The number of carbonyl (C=O) groups is 1. The standard InChI is InChI=1S/C10H17N3O/c1-2-5-8-6-3-4-7-9(8)12-13-10(11)14/h2,8H,1,3-7H2,(H3,11,13,14)/b12-9-. The molecule has 4 heteroatoms. The van der Waals surface area contributed by atoms with Crippen LogP contribution in [0.4, 0.5) is 4.79 Å². The molecule has 0 aromatic heterocycles. The Bertz CT molecular complexity index is 248. The number of hydrogen-bond donors (Lipinski definition) is 2. The summed E-state index contributed by atoms with van der Waals surface area (Å²) in [5.74, 6) is 0.438. The summed E-state index contributed by atoms with van der Waals surface area (Å²) in [6.07, 6.45) is 7.29. The molecule has 78 valence electrons. The van der Waals surface area contributed by atoms with Gasteiger partial charge in [-0.05, 0) is 25.7 Å². The summed E-state index contributed by atoms with van der Waals surface area (Å²) in [6.45, 7) is 3.72. The molecule has 1 fully saturated rings. The molecule has 0 aromatic rings. The summed E-state index contributed by atoms with van der Waals surface area (Å²) < 4.78 is 0. The van der Waals surface area contributed by atoms with Crippen molar-refractivity contribution in [2.24, 2.45) is 16.8 Å². The molecule has 1 aliphatic carbocycles. The van der Waals surface area contributed by atoms with Crippen LogP contribution < -0.4 is 11.2 Å². The van der Waals surface area contributed by atoms with Crippen molar-refractivity contribution in [3.05, 3.63) is 12.7 Å². The molecule has 0 bridgehead atoms. The Morgan fingerprint density at radius 3 is 3.14 bits per heavy atom. The van der Waals surface area contributed by atoms with E-state index in [2.05, 4.69) is 17.1 Å². The zero-order valence-corrected chi connectivity index (χ0v) is 8.33. The Balaban J connectivity index is 2.56. The topological polar surface area (TPSA) is 67.5 Å². The lowest BCUT2D eigenvalue weighted by Gasteiger charge is -2.22. The maximum Gasteiger partial charge on any atom is 0.332 e. The van der Waals surface area contributed by atoms with Crippen LogP contribution in [0.1, 0.15) is 32.1 Å². The fraction of sp³-hybridized carbons (Fsp3) is 0.600. The first-order valence-corrected chi connectivity index (χ1v) is 4.97. The van der Waals surface area contributed by atoms with Crippen molar-refractivity contribution in [1.82, 2.24) is 5.43 Å². The van der Waals surface area contributed by atoms with E-state index in [4.69, 9.17) is 5.73 Å². The zero-order valence-electron chi connectivity index (χ0n) is 8.33. The number of rotatable bonds is 3. The van der Waals surface area contributed by atoms with E-state index in [0.717, 1.165) is 31.4 Å². The van der Waals surface area contributed by atoms with Crippen LogP contribution in [-0.2, 0) is 0 Å². The quantitative estimate of drug-likeness (QED) is 0.523. The largest absolute Gasteiger partial charge is 0.350 e. The zero-order chi connectivity index (χ0) is 10.4. The molecule has 1 atom stereocenters. The van der Waals surface area contributed by atoms with Gasteiger partial charge in [0.15, 0.2) is 0 Å². The second kappa shape index (κ2) is 5.42. The van der Waals surface area contributed by atoms with Crippen LogP contribution in [-0.4, -0.2) is 11.7 Å². The van der Waals surface area contributed by atoms with Crippen LogP contribution in [0, 0.1) is 5.92 Å². The minimum absolute atomic E-state index is 0.438. The van der Waals surface area contributed by atoms with Crippen LogP contribution in [0.3, 0.4) is 0 Å². The van der Waals surface area contributed by atoms with Crippen molar-refractivity contribution in [3.8, 4) is 0 Å². The van der Waals surface area contributed by atoms with Crippen molar-refractivity contribution in [1.29, 1.82) is 0 Å². The van der Waals surface area contributed by atoms with Crippen molar-refractivity contribution in [2.45, 2.75) is 32.1 Å². The summed E-state index contributed by atoms with van der Waals surface area (Å²) in [7, 11) is 0. The fourth-order valence-corrected chi connectivity index (χ4v) is 1.80. The first kappa shape index (κ1) is 10.8. The van der Waals surface area contributed by atoms with Crippen LogP contribution >= 0.6 is 0 Å². The third kappa shape index (κ3) is 3.20. The van der Waals surface area contributed by atoms with Crippen LogP contribution in [0.5, 0.6) is 0 Å². The Morgan fingerprint density at radius 1 is 1.71 bits per heavy atom. The molecule has 0 saturated heterocycles. The Morgan fingerprint density at radius 2 is 2.50 bits per heavy atom. The lowest BCUT2D eigenvalue weighted by atomic mass is 9.85. The predicted octanol–water partition coefficient (Wildman–Crippen LogP) is 1.78. The SMILES string of the molecule is C=CCC1CCCC/C1=N/NC(N)=O. The number of urea groups is 1. The summed E-state index contributed by atoms with van der Waals surface area (Å²) >= 11 is 0. The van der Waals surface area contributed by atoms with Gasteiger partial charge in [-0.2, -0.15) is 5.10 Å². The Kier molecular flexibility index (Phi) is 4.16. The summed E-state index contributed by atoms with van der Waals surface area (Å²) in [4.78, 5) is 10.5. The smallest absolute Gasteiger partial charge is 0.332 e. The van der Waals surface area contributed by atoms with E-state index in [0.29, 0.717) is 5.92 Å². The number of hydrazone groups is 1. The second-order valence-corrected chi connectivity index (χ2v) is 3.55. The number of nitrogens with two attached hydrogens (primary N) is 1. The number of nitrogens with one attached hydrogen (secondary N) is 1. The molecule has 3 N–H and O–H groups in total. The van der Waals surface area contributed by atoms with Crippen molar-refractivity contribution < 1.29 is 4.79 Å². The minimum atomic E-state index is -0.597. The van der Waals surface area contributed by atoms with Gasteiger partial charge in [-0.15, -0.1) is 6.58 Å². The normalized spacial score (nSPS) is 24.6. The van der Waals surface area contributed by atoms with Gasteiger partial charge in [0.2, 0.25) is 0 Å². The third-order valence-electron chi connectivity index (χ3n) is 2.47. The monoisotopic (exact) mass is 195 g/mol. The van der Waals surface area contributed by atoms with Gasteiger partial charge in [0.05, 0.1) is 0 Å². The minimum Gasteiger partial charge on any atom is -0.350 e. The number of hydrogen-bond acceptors (Lipinski definition) is 2. The molecule has 4 nitrogen and oxygen atoms in total. The van der Waals surface area contributed by atoms with E-state index in [1.807, 2.05) is 6.08 Å². The number of allylic oxidation sites excluding steroid dienone is 1. The van der Waals surface area contributed by atoms with Gasteiger partial charge in [0.1, 0.15) is 0 Å². The maximum atomic E-state index is 10.5. The molecule has 1 saturated carbocycles. The average Bonchev–Trinajstić information content (AvgIpc) is 2.17. The summed E-state index contributed by atoms with van der Waals surface area (Å²) in [6, 6.07) is -0.597. The molecule has 0 heterocycles. The molecule has 2 amide bonds. The van der Waals surface area contributed by atoms with E-state index in [9.17, 15) is 4.79 Å². The highest BCUT2D eigenvalue weighted by Gasteiger charge is 2.19. The summed E-state index contributed by atoms with van der Waals surface area (Å²) in [5, 5.41) is 4.03. The van der Waals surface area contributed by atoms with Crippen LogP contribution in [0.25, 0.3) is 0 Å². The van der Waals surface area contributed by atoms with Crippen molar-refractivity contribution in [2.75, 3.05) is 0 Å². The molecule has 0 radical (unpaired) electrons. The fourth-order valence-electron chi connectivity index (χ4n) is 1.80. The molecular formula is C10H17N3O. The maximum absolute atomic E-state index is 10.5. The van der Waals surface area contributed by atoms with Gasteiger partial charge in [0.25, 0.3) is 0 Å². The van der Waals surface area contributed by atoms with E-state index >= 15 is 0 Å². The molecule has 0 spiro atoms. The lowest BCUT2D eigenvalue weighted by molar-refractivity contribution is 0.249. The number of nitrogens with zero attached hydrogens (tertiary/aromatic N) is 1. The van der Waals surface area contributed by atoms with E-state index in [1.165, 1.54) is 6.42 Å². The first-order chi connectivity index (χ1) is 6.74. The van der Waals surface area contributed by atoms with Gasteiger partial charge >= 0.3 is 6.03 Å². The lowest BCUT2D eigenvalue weighted by Crippen LogP contribution is -2.28. The number of carbonyl (C=O) groups excluding carboxylic acids is 1. The van der Waals surface area contributed by atoms with E-state index < -0.39 is 6.03 Å². The Hall–Kier alpha value is -1.32. The van der Waals surface area contributed by atoms with E-state index in [1.54, 1.807) is 0 Å². The van der Waals surface area contributed by atoms with Gasteiger partial charge in [0, 0.05) is 11.6 Å². The van der Waals surface area contributed by atoms with Gasteiger partial charge in [-0.3, -0.25) is 0 Å². The molecule has 1 rings (SSSR count). The molecular weight excluding hydrogens is 178 g/mol. The van der Waals surface area contributed by atoms with Crippen molar-refractivity contribution in [3.63, 3.8) is 0 Å². The molecule has 1 aliphatic rings. The summed E-state index contributed by atoms with van der Waals surface area (Å²) in [5.41, 5.74) is 8.30. The second-order valence-electron chi connectivity index (χ2n) is 3.55. The first-order valence-electron chi connectivity index (χ1n) is 4.97. The van der Waals surface area contributed by atoms with Crippen LogP contribution in [0.15, 0.2) is 17.8 Å². The van der Waals surface area contributed by atoms with Crippen LogP contribution in [0.2, 0.25) is 0 Å². The highest BCUT2D eigenvalue weighted by atomic mass is 16.2. The van der Waals surface area contributed by atoms with Crippen molar-refractivity contribution >= 4 is 11.7 Å².